The molecule has 0 saturated carbocycles. The second-order valence-corrected chi connectivity index (χ2v) is 17.0. The molecule has 0 aliphatic carbocycles. The number of ether oxygens (including phenoxy) is 2. The molecular weight excluding hydrogens is 715 g/mol. The minimum atomic E-state index is -4.35. The fourth-order valence-electron chi connectivity index (χ4n) is 6.71. The van der Waals surface area contributed by atoms with Gasteiger partial charge in [-0.2, -0.15) is 4.72 Å². The fraction of sp³-hybridized carbons (Fsp3) is 0.528. The molecule has 0 bridgehead atoms. The van der Waals surface area contributed by atoms with E-state index in [1.165, 1.54) is 12.1 Å². The van der Waals surface area contributed by atoms with Crippen molar-refractivity contribution in [3.63, 3.8) is 0 Å². The van der Waals surface area contributed by atoms with Crippen LogP contribution in [0.3, 0.4) is 0 Å². The third kappa shape index (κ3) is 9.13. The van der Waals surface area contributed by atoms with Gasteiger partial charge in [0.1, 0.15) is 28.3 Å². The molecule has 1 atom stereocenters. The predicted molar refractivity (Wildman–Crippen MR) is 198 cm³/mol. The van der Waals surface area contributed by atoms with Crippen LogP contribution in [0.2, 0.25) is 10.0 Å². The number of fused-ring (bicyclic) bond motifs is 1. The van der Waals surface area contributed by atoms with Gasteiger partial charge in [0.05, 0.1) is 38.8 Å². The first-order chi connectivity index (χ1) is 24.0. The van der Waals surface area contributed by atoms with Gasteiger partial charge in [-0.3, -0.25) is 9.59 Å². The van der Waals surface area contributed by atoms with Crippen LogP contribution in [-0.2, 0) is 31.0 Å². The highest BCUT2D eigenvalue weighted by atomic mass is 35.5. The summed E-state index contributed by atoms with van der Waals surface area (Å²) >= 11 is 13.3. The van der Waals surface area contributed by atoms with Crippen molar-refractivity contribution in [3.05, 3.63) is 63.3 Å². The number of para-hydroxylation sites is 1. The van der Waals surface area contributed by atoms with Crippen LogP contribution in [0, 0.1) is 13.8 Å². The molecule has 2 fully saturated rings. The molecule has 2 saturated heterocycles. The number of hydrogen-bond acceptors (Lipinski definition) is 8. The Morgan fingerprint density at radius 2 is 1.73 bits per heavy atom. The van der Waals surface area contributed by atoms with Gasteiger partial charge >= 0.3 is 0 Å². The standard InChI is InChI=1S/C36H49Cl2N6O6S/c1-24-22-25(2)40-33-26(24)8-6-10-30(33)50-23-27-28(37)11-12-31(32(27)38)51(47,48)41-36(13-20-49-21-14-36)35(46)43-17-15-42(16-18-43)34(45)29(39)9-7-19-44(3,4)5/h6,8,10-12,22,29,41H,7,9,13-21,23,39H2,1-5H3/q+1/t29-/m1/s1. The van der Waals surface area contributed by atoms with Gasteiger partial charge in [-0.25, -0.2) is 13.4 Å². The molecule has 2 aliphatic heterocycles. The summed E-state index contributed by atoms with van der Waals surface area (Å²) in [4.78, 5) is 35.0. The average molecular weight is 765 g/mol. The van der Waals surface area contributed by atoms with Crippen LogP contribution in [-0.4, -0.2) is 118 Å². The maximum Gasteiger partial charge on any atom is 0.244 e. The number of benzene rings is 2. The highest BCUT2D eigenvalue weighted by Crippen LogP contribution is 2.35. The number of aromatic nitrogens is 1. The monoisotopic (exact) mass is 763 g/mol. The number of hydrogen-bond donors (Lipinski definition) is 2. The van der Waals surface area contributed by atoms with Gasteiger partial charge in [0.15, 0.2) is 0 Å². The summed E-state index contributed by atoms with van der Waals surface area (Å²) in [6, 6.07) is 9.78. The molecular formula is C36H49Cl2N6O6S+. The first kappa shape index (κ1) is 39.2. The van der Waals surface area contributed by atoms with Crippen LogP contribution in [0.25, 0.3) is 10.9 Å². The molecule has 3 heterocycles. The summed E-state index contributed by atoms with van der Waals surface area (Å²) in [5, 5.41) is 1.07. The van der Waals surface area contributed by atoms with E-state index in [1.54, 1.807) is 15.9 Å². The second-order valence-electron chi connectivity index (χ2n) is 14.5. The molecule has 0 radical (unpaired) electrons. The maximum atomic E-state index is 14.2. The summed E-state index contributed by atoms with van der Waals surface area (Å²) in [6.45, 7) is 6.21. The largest absolute Gasteiger partial charge is 0.487 e. The molecule has 51 heavy (non-hydrogen) atoms. The lowest BCUT2D eigenvalue weighted by Crippen LogP contribution is -2.64. The third-order valence-electron chi connectivity index (χ3n) is 9.57. The summed E-state index contributed by atoms with van der Waals surface area (Å²) < 4.78 is 43.4. The van der Waals surface area contributed by atoms with E-state index in [1.807, 2.05) is 32.0 Å². The second kappa shape index (κ2) is 15.9. The lowest BCUT2D eigenvalue weighted by molar-refractivity contribution is -0.870. The Labute approximate surface area is 310 Å². The minimum Gasteiger partial charge on any atom is -0.487 e. The van der Waals surface area contributed by atoms with Gasteiger partial charge in [-0.15, -0.1) is 0 Å². The predicted octanol–water partition coefficient (Wildman–Crippen LogP) is 4.05. The molecule has 2 aliphatic rings. The summed E-state index contributed by atoms with van der Waals surface area (Å²) in [5.74, 6) is 0.00807. The Hall–Kier alpha value is -3.04. The summed E-state index contributed by atoms with van der Waals surface area (Å²) in [6.07, 6.45) is 1.68. The van der Waals surface area contributed by atoms with E-state index in [0.717, 1.165) is 34.1 Å². The Morgan fingerprint density at radius 1 is 1.06 bits per heavy atom. The molecule has 2 aromatic carbocycles. The van der Waals surface area contributed by atoms with Crippen molar-refractivity contribution >= 4 is 55.9 Å². The van der Waals surface area contributed by atoms with Crippen molar-refractivity contribution in [1.82, 2.24) is 19.5 Å². The van der Waals surface area contributed by atoms with E-state index in [0.29, 0.717) is 30.8 Å². The molecule has 12 nitrogen and oxygen atoms in total. The number of piperazine rings is 1. The SMILES string of the molecule is Cc1cc(C)c2cccc(OCc3c(Cl)ccc(S(=O)(=O)NC4(C(=O)N5CCN(C(=O)[C@H](N)CCC[N+](C)(C)C)CC5)CCOCC4)c3Cl)c2n1. The van der Waals surface area contributed by atoms with E-state index in [4.69, 9.17) is 38.4 Å². The quantitative estimate of drug-likeness (QED) is 0.263. The minimum absolute atomic E-state index is 0.102. The van der Waals surface area contributed by atoms with Crippen LogP contribution < -0.4 is 15.2 Å². The molecule has 15 heteroatoms. The van der Waals surface area contributed by atoms with Crippen molar-refractivity contribution in [2.45, 2.75) is 62.6 Å². The molecule has 2 amide bonds. The molecule has 0 unspecified atom stereocenters. The van der Waals surface area contributed by atoms with E-state index >= 15 is 0 Å². The van der Waals surface area contributed by atoms with E-state index in [9.17, 15) is 18.0 Å². The first-order valence-electron chi connectivity index (χ1n) is 17.2. The zero-order chi connectivity index (χ0) is 37.1. The van der Waals surface area contributed by atoms with Crippen LogP contribution in [0.5, 0.6) is 5.75 Å². The lowest BCUT2D eigenvalue weighted by Gasteiger charge is -2.43. The van der Waals surface area contributed by atoms with E-state index < -0.39 is 21.6 Å². The number of aryl methyl sites for hydroxylation is 2. The van der Waals surface area contributed by atoms with Crippen LogP contribution >= 0.6 is 23.2 Å². The first-order valence-corrected chi connectivity index (χ1v) is 19.5. The number of nitrogens with zero attached hydrogens (tertiary/aromatic N) is 4. The number of pyridine rings is 1. The van der Waals surface area contributed by atoms with Crippen molar-refractivity contribution in [2.75, 3.05) is 67.1 Å². The van der Waals surface area contributed by atoms with Gasteiger partial charge in [-0.1, -0.05) is 35.3 Å². The number of rotatable bonds is 12. The Balaban J connectivity index is 1.30. The molecule has 0 spiro atoms. The van der Waals surface area contributed by atoms with Gasteiger partial charge in [0, 0.05) is 61.1 Å². The highest BCUT2D eigenvalue weighted by molar-refractivity contribution is 7.89. The fourth-order valence-corrected chi connectivity index (χ4v) is 9.01. The maximum absolute atomic E-state index is 14.2. The number of halogens is 2. The van der Waals surface area contributed by atoms with Crippen molar-refractivity contribution < 1.29 is 32.0 Å². The Kier molecular flexibility index (Phi) is 12.2. The average Bonchev–Trinajstić information content (AvgIpc) is 3.07. The van der Waals surface area contributed by atoms with Gasteiger partial charge in [0.2, 0.25) is 21.8 Å². The van der Waals surface area contributed by atoms with Crippen LogP contribution in [0.15, 0.2) is 41.3 Å². The topological polar surface area (TPSA) is 144 Å². The number of amides is 2. The van der Waals surface area contributed by atoms with Gasteiger partial charge in [-0.05, 0) is 69.4 Å². The molecule has 3 aromatic rings. The van der Waals surface area contributed by atoms with Crippen molar-refractivity contribution in [2.24, 2.45) is 5.73 Å². The zero-order valence-electron chi connectivity index (χ0n) is 30.0. The van der Waals surface area contributed by atoms with Crippen molar-refractivity contribution in [1.29, 1.82) is 0 Å². The summed E-state index contributed by atoms with van der Waals surface area (Å²) in [5.41, 5.74) is 7.63. The van der Waals surface area contributed by atoms with E-state index in [-0.39, 0.29) is 78.1 Å². The number of nitrogens with two attached hydrogens (primary N) is 1. The van der Waals surface area contributed by atoms with E-state index in [2.05, 4.69) is 30.8 Å². The number of quaternary nitrogens is 1. The molecule has 3 N–H and O–H groups in total. The van der Waals surface area contributed by atoms with Gasteiger partial charge in [0.25, 0.3) is 0 Å². The summed E-state index contributed by atoms with van der Waals surface area (Å²) in [7, 11) is 1.94. The third-order valence-corrected chi connectivity index (χ3v) is 12.1. The Morgan fingerprint density at radius 3 is 2.39 bits per heavy atom. The zero-order valence-corrected chi connectivity index (χ0v) is 32.3. The van der Waals surface area contributed by atoms with Crippen LogP contribution in [0.4, 0.5) is 0 Å². The van der Waals surface area contributed by atoms with Crippen LogP contribution in [0.1, 0.15) is 42.5 Å². The molecule has 278 valence electrons. The lowest BCUT2D eigenvalue weighted by atomic mass is 9.89. The molecule has 1 aromatic heterocycles. The number of nitrogens with one attached hydrogen (secondary N) is 1. The highest BCUT2D eigenvalue weighted by Gasteiger charge is 2.47. The number of carbonyl (C=O) groups excluding carboxylic acids is 2. The van der Waals surface area contributed by atoms with Crippen molar-refractivity contribution in [3.8, 4) is 5.75 Å². The normalized spacial score (nSPS) is 17.4. The number of sulfonamides is 1. The smallest absolute Gasteiger partial charge is 0.244 e. The number of carbonyl (C=O) groups is 2. The molecule has 5 rings (SSSR count). The Bertz CT molecular complexity index is 1870. The van der Waals surface area contributed by atoms with Gasteiger partial charge < -0.3 is 29.5 Å².